The fourth-order valence-corrected chi connectivity index (χ4v) is 3.68. The van der Waals surface area contributed by atoms with Crippen LogP contribution in [-0.2, 0) is 0 Å². The molecular formula is C3H9NP2. The molecule has 0 bridgehead atoms. The first-order valence-electron chi connectivity index (χ1n) is 2.18. The summed E-state index contributed by atoms with van der Waals surface area (Å²) < 4.78 is 0. The molecule has 1 nitrogen and oxygen atoms in total. The molecule has 0 aromatic rings. The third-order valence-corrected chi connectivity index (χ3v) is 5.04. The van der Waals surface area contributed by atoms with Crippen LogP contribution in [0.4, 0.5) is 0 Å². The zero-order valence-corrected chi connectivity index (χ0v) is 5.76. The maximum absolute atomic E-state index is 3.31. The standard InChI is InChI=1S/C3H9NP2/c1-2-5-6-3-4-6/h4-5H,2-3H2,1H3. The van der Waals surface area contributed by atoms with Gasteiger partial charge in [-0.3, -0.25) is 5.09 Å². The van der Waals surface area contributed by atoms with Crippen molar-refractivity contribution in [3.8, 4) is 0 Å². The van der Waals surface area contributed by atoms with Gasteiger partial charge in [-0.15, -0.1) is 0 Å². The summed E-state index contributed by atoms with van der Waals surface area (Å²) in [5, 5.41) is 3.31. The quantitative estimate of drug-likeness (QED) is 0.434. The highest BCUT2D eigenvalue weighted by Crippen LogP contribution is 2.60. The molecule has 2 atom stereocenters. The van der Waals surface area contributed by atoms with Gasteiger partial charge in [0.2, 0.25) is 0 Å². The predicted molar refractivity (Wildman–Crippen MR) is 33.8 cm³/mol. The maximum atomic E-state index is 3.31. The molecular weight excluding hydrogens is 112 g/mol. The molecule has 36 valence electrons. The molecule has 0 spiro atoms. The number of hydrogen-bond donors (Lipinski definition) is 1. The lowest BCUT2D eigenvalue weighted by molar-refractivity contribution is 1.41. The Balaban J connectivity index is 1.88. The molecule has 1 aliphatic rings. The van der Waals surface area contributed by atoms with Gasteiger partial charge in [-0.1, -0.05) is 15.2 Å². The molecule has 0 saturated carbocycles. The smallest absolute Gasteiger partial charge is 0.0364 e. The molecule has 3 heteroatoms. The van der Waals surface area contributed by atoms with Crippen LogP contribution in [0.5, 0.6) is 0 Å². The average molecular weight is 121 g/mol. The molecule has 1 fully saturated rings. The van der Waals surface area contributed by atoms with E-state index in [9.17, 15) is 0 Å². The molecule has 0 aliphatic carbocycles. The van der Waals surface area contributed by atoms with Crippen LogP contribution >= 0.6 is 16.0 Å². The van der Waals surface area contributed by atoms with Gasteiger partial charge < -0.3 is 0 Å². The Morgan fingerprint density at radius 3 is 2.83 bits per heavy atom. The van der Waals surface area contributed by atoms with Crippen molar-refractivity contribution < 1.29 is 0 Å². The Morgan fingerprint density at radius 2 is 2.67 bits per heavy atom. The third-order valence-electron chi connectivity index (χ3n) is 0.665. The van der Waals surface area contributed by atoms with E-state index in [0.717, 1.165) is 0 Å². The summed E-state index contributed by atoms with van der Waals surface area (Å²) in [6, 6.07) is 0. The van der Waals surface area contributed by atoms with E-state index < -0.39 is 0 Å². The Morgan fingerprint density at radius 1 is 2.00 bits per heavy atom. The molecule has 0 amide bonds. The van der Waals surface area contributed by atoms with E-state index in [-0.39, 0.29) is 0 Å². The number of nitrogens with one attached hydrogen (secondary N) is 1. The van der Waals surface area contributed by atoms with E-state index in [1.807, 2.05) is 0 Å². The summed E-state index contributed by atoms with van der Waals surface area (Å²) in [4.78, 5) is 0. The molecule has 1 N–H and O–H groups in total. The second-order valence-corrected chi connectivity index (χ2v) is 6.34. The van der Waals surface area contributed by atoms with Gasteiger partial charge in [-0.25, -0.2) is 0 Å². The summed E-state index contributed by atoms with van der Waals surface area (Å²) in [6.45, 7) is 2.25. The minimum Gasteiger partial charge on any atom is -0.286 e. The molecule has 0 radical (unpaired) electrons. The second-order valence-electron chi connectivity index (χ2n) is 1.26. The Bertz CT molecular complexity index is 44.1. The van der Waals surface area contributed by atoms with Gasteiger partial charge in [0.05, 0.1) is 0 Å². The lowest BCUT2D eigenvalue weighted by atomic mass is 11.0. The predicted octanol–water partition coefficient (Wildman–Crippen LogP) is 1.56. The summed E-state index contributed by atoms with van der Waals surface area (Å²) in [7, 11) is 1.66. The van der Waals surface area contributed by atoms with Gasteiger partial charge in [-0.05, 0) is 13.9 Å². The molecule has 1 saturated heterocycles. The lowest BCUT2D eigenvalue weighted by Crippen LogP contribution is -1.54. The molecule has 6 heavy (non-hydrogen) atoms. The van der Waals surface area contributed by atoms with E-state index in [1.165, 1.54) is 20.7 Å². The summed E-state index contributed by atoms with van der Waals surface area (Å²) >= 11 is 0. The minimum absolute atomic E-state index is 0.427. The molecule has 1 aliphatic heterocycles. The SMILES string of the molecule is CCPP1CN1. The minimum atomic E-state index is 0.427. The van der Waals surface area contributed by atoms with Crippen LogP contribution in [0.3, 0.4) is 0 Å². The average Bonchev–Trinajstić information content (AvgIpc) is 2.21. The highest BCUT2D eigenvalue weighted by Gasteiger charge is 2.16. The highest BCUT2D eigenvalue weighted by atomic mass is 32.1. The van der Waals surface area contributed by atoms with Crippen LogP contribution in [0.2, 0.25) is 0 Å². The largest absolute Gasteiger partial charge is 0.286 e. The second kappa shape index (κ2) is 2.21. The molecule has 1 heterocycles. The van der Waals surface area contributed by atoms with Crippen LogP contribution in [-0.4, -0.2) is 12.4 Å². The monoisotopic (exact) mass is 121 g/mol. The van der Waals surface area contributed by atoms with E-state index >= 15 is 0 Å². The normalized spacial score (nSPS) is 32.5. The number of hydrogen-bond acceptors (Lipinski definition) is 1. The third kappa shape index (κ3) is 1.51. The van der Waals surface area contributed by atoms with Gasteiger partial charge in [-0.2, -0.15) is 0 Å². The zero-order valence-electron chi connectivity index (χ0n) is 3.86. The first kappa shape index (κ1) is 4.97. The van der Waals surface area contributed by atoms with Gasteiger partial charge in [0.25, 0.3) is 0 Å². The Kier molecular flexibility index (Phi) is 1.83. The topological polar surface area (TPSA) is 21.9 Å². The maximum Gasteiger partial charge on any atom is 0.0364 e. The fourth-order valence-electron chi connectivity index (χ4n) is 0.338. The van der Waals surface area contributed by atoms with Crippen LogP contribution in [0.25, 0.3) is 0 Å². The van der Waals surface area contributed by atoms with Crippen LogP contribution in [0, 0.1) is 0 Å². The zero-order chi connectivity index (χ0) is 4.41. The first-order chi connectivity index (χ1) is 2.93. The van der Waals surface area contributed by atoms with Crippen LogP contribution in [0.1, 0.15) is 6.92 Å². The van der Waals surface area contributed by atoms with Crippen LogP contribution < -0.4 is 5.09 Å². The van der Waals surface area contributed by atoms with Gasteiger partial charge in [0.1, 0.15) is 0 Å². The first-order valence-corrected chi connectivity index (χ1v) is 5.75. The van der Waals surface area contributed by atoms with Gasteiger partial charge >= 0.3 is 0 Å². The van der Waals surface area contributed by atoms with Crippen molar-refractivity contribution in [1.82, 2.24) is 5.09 Å². The highest BCUT2D eigenvalue weighted by molar-refractivity contribution is 8.23. The van der Waals surface area contributed by atoms with Gasteiger partial charge in [0.15, 0.2) is 0 Å². The van der Waals surface area contributed by atoms with Crippen molar-refractivity contribution in [2.24, 2.45) is 0 Å². The Hall–Kier alpha value is 0.820. The fraction of sp³-hybridized carbons (Fsp3) is 1.00. The van der Waals surface area contributed by atoms with E-state index in [4.69, 9.17) is 0 Å². The van der Waals surface area contributed by atoms with Crippen molar-refractivity contribution in [2.45, 2.75) is 6.92 Å². The van der Waals surface area contributed by atoms with E-state index in [0.29, 0.717) is 7.76 Å². The van der Waals surface area contributed by atoms with Gasteiger partial charge in [0, 0.05) is 6.29 Å². The van der Waals surface area contributed by atoms with E-state index in [2.05, 4.69) is 12.0 Å². The lowest BCUT2D eigenvalue weighted by Gasteiger charge is -1.83. The van der Waals surface area contributed by atoms with Crippen molar-refractivity contribution in [3.63, 3.8) is 0 Å². The van der Waals surface area contributed by atoms with E-state index in [1.54, 1.807) is 0 Å². The van der Waals surface area contributed by atoms with Crippen molar-refractivity contribution in [1.29, 1.82) is 0 Å². The molecule has 0 aromatic carbocycles. The summed E-state index contributed by atoms with van der Waals surface area (Å²) in [6.07, 6.45) is 2.74. The van der Waals surface area contributed by atoms with Crippen LogP contribution in [0.15, 0.2) is 0 Å². The summed E-state index contributed by atoms with van der Waals surface area (Å²) in [5.41, 5.74) is 0. The van der Waals surface area contributed by atoms with Crippen molar-refractivity contribution in [2.75, 3.05) is 12.4 Å². The summed E-state index contributed by atoms with van der Waals surface area (Å²) in [5.74, 6) is 0. The van der Waals surface area contributed by atoms with Crippen molar-refractivity contribution in [3.05, 3.63) is 0 Å². The molecule has 0 aromatic heterocycles. The number of rotatable bonds is 2. The Labute approximate surface area is 41.4 Å². The molecule has 2 unspecified atom stereocenters. The molecule has 1 rings (SSSR count). The van der Waals surface area contributed by atoms with Crippen molar-refractivity contribution >= 4 is 16.0 Å².